The Balaban J connectivity index is 1.53. The molecule has 0 bridgehead atoms. The topological polar surface area (TPSA) is 118 Å². The van der Waals surface area contributed by atoms with Gasteiger partial charge in [0.25, 0.3) is 5.91 Å². The fourth-order valence-electron chi connectivity index (χ4n) is 3.01. The van der Waals surface area contributed by atoms with E-state index >= 15 is 0 Å². The molecule has 9 nitrogen and oxygen atoms in total. The third kappa shape index (κ3) is 8.86. The summed E-state index contributed by atoms with van der Waals surface area (Å²) >= 11 is 5.40. The Morgan fingerprint density at radius 3 is 2.41 bits per heavy atom. The van der Waals surface area contributed by atoms with Crippen LogP contribution >= 0.6 is 38.5 Å². The van der Waals surface area contributed by atoms with Crippen LogP contribution in [0.1, 0.15) is 16.7 Å². The predicted molar refractivity (Wildman–Crippen MR) is 153 cm³/mol. The molecule has 0 fully saturated rings. The van der Waals surface area contributed by atoms with Crippen molar-refractivity contribution in [1.82, 2.24) is 10.7 Å². The van der Waals surface area contributed by atoms with Crippen LogP contribution < -0.4 is 25.5 Å². The second-order valence-electron chi connectivity index (χ2n) is 7.75. The molecule has 0 aliphatic carbocycles. The second-order valence-corrected chi connectivity index (χ2v) is 9.82. The van der Waals surface area contributed by atoms with Crippen molar-refractivity contribution < 1.29 is 23.9 Å². The van der Waals surface area contributed by atoms with Crippen LogP contribution in [0.5, 0.6) is 11.5 Å². The van der Waals surface area contributed by atoms with Crippen LogP contribution in [-0.4, -0.2) is 37.7 Å². The zero-order chi connectivity index (χ0) is 26.8. The maximum absolute atomic E-state index is 12.3. The number of hydrogen-bond acceptors (Lipinski definition) is 6. The van der Waals surface area contributed by atoms with Gasteiger partial charge in [-0.3, -0.25) is 14.4 Å². The molecular weight excluding hydrogens is 655 g/mol. The minimum absolute atomic E-state index is 0.219. The summed E-state index contributed by atoms with van der Waals surface area (Å²) in [5.41, 5.74) is 5.43. The molecule has 0 heterocycles. The summed E-state index contributed by atoms with van der Waals surface area (Å²) < 4.78 is 12.7. The van der Waals surface area contributed by atoms with Gasteiger partial charge in [0.15, 0.2) is 18.1 Å². The Kier molecular flexibility index (Phi) is 10.4. The maximum atomic E-state index is 12.3. The van der Waals surface area contributed by atoms with Gasteiger partial charge in [0.1, 0.15) is 0 Å². The van der Waals surface area contributed by atoms with Crippen molar-refractivity contribution in [2.45, 2.75) is 13.5 Å². The molecule has 0 unspecified atom stereocenters. The molecule has 0 spiro atoms. The number of anilines is 1. The highest BCUT2D eigenvalue weighted by Crippen LogP contribution is 2.33. The van der Waals surface area contributed by atoms with Gasteiger partial charge in [0.2, 0.25) is 0 Å². The lowest BCUT2D eigenvalue weighted by Crippen LogP contribution is -2.37. The van der Waals surface area contributed by atoms with Crippen molar-refractivity contribution in [3.8, 4) is 11.5 Å². The largest absolute Gasteiger partial charge is 0.493 e. The Morgan fingerprint density at radius 1 is 1.03 bits per heavy atom. The van der Waals surface area contributed by atoms with Gasteiger partial charge in [-0.05, 0) is 77.0 Å². The number of carbonyl (C=O) groups excluding carboxylic acids is 3. The Hall–Kier alpha value is -3.45. The van der Waals surface area contributed by atoms with Crippen LogP contribution in [0.15, 0.2) is 70.2 Å². The molecule has 0 aliphatic rings. The van der Waals surface area contributed by atoms with E-state index in [-0.39, 0.29) is 19.1 Å². The maximum Gasteiger partial charge on any atom is 0.329 e. The molecule has 0 saturated heterocycles. The molecule has 0 radical (unpaired) electrons. The molecule has 3 amide bonds. The predicted octanol–water partition coefficient (Wildman–Crippen LogP) is 4.15. The first-order valence-electron chi connectivity index (χ1n) is 11.0. The Labute approximate surface area is 236 Å². The average molecular weight is 679 g/mol. The van der Waals surface area contributed by atoms with E-state index in [0.29, 0.717) is 26.3 Å². The van der Waals surface area contributed by atoms with Crippen LogP contribution in [0.25, 0.3) is 0 Å². The lowest BCUT2D eigenvalue weighted by molar-refractivity contribution is -0.139. The monoisotopic (exact) mass is 678 g/mol. The average Bonchev–Trinajstić information content (AvgIpc) is 2.88. The summed E-state index contributed by atoms with van der Waals surface area (Å²) in [5, 5.41) is 9.15. The fraction of sp³-hybridized carbons (Fsp3) is 0.154. The molecule has 3 aromatic carbocycles. The zero-order valence-electron chi connectivity index (χ0n) is 20.0. The minimum atomic E-state index is -0.887. The van der Waals surface area contributed by atoms with Crippen LogP contribution in [0.3, 0.4) is 0 Å². The molecule has 37 heavy (non-hydrogen) atoms. The Bertz CT molecular complexity index is 1300. The van der Waals surface area contributed by atoms with E-state index in [9.17, 15) is 14.4 Å². The van der Waals surface area contributed by atoms with Crippen molar-refractivity contribution in [3.63, 3.8) is 0 Å². The van der Waals surface area contributed by atoms with Crippen molar-refractivity contribution in [3.05, 3.63) is 85.4 Å². The van der Waals surface area contributed by atoms with E-state index in [1.54, 1.807) is 24.3 Å². The summed E-state index contributed by atoms with van der Waals surface area (Å²) in [7, 11) is 1.47. The van der Waals surface area contributed by atoms with E-state index in [2.05, 4.69) is 37.1 Å². The van der Waals surface area contributed by atoms with Gasteiger partial charge in [-0.25, -0.2) is 5.43 Å². The first kappa shape index (κ1) is 28.1. The molecule has 0 aromatic heterocycles. The van der Waals surface area contributed by atoms with E-state index in [0.717, 1.165) is 15.6 Å². The summed E-state index contributed by atoms with van der Waals surface area (Å²) in [5.74, 6) is -1.23. The summed E-state index contributed by atoms with van der Waals surface area (Å²) in [6, 6.07) is 18.2. The van der Waals surface area contributed by atoms with E-state index < -0.39 is 11.8 Å². The zero-order valence-corrected chi connectivity index (χ0v) is 23.8. The van der Waals surface area contributed by atoms with Crippen molar-refractivity contribution in [2.24, 2.45) is 5.10 Å². The number of amides is 3. The van der Waals surface area contributed by atoms with Gasteiger partial charge < -0.3 is 20.1 Å². The Morgan fingerprint density at radius 2 is 1.73 bits per heavy atom. The van der Waals surface area contributed by atoms with Gasteiger partial charge in [-0.2, -0.15) is 5.10 Å². The minimum Gasteiger partial charge on any atom is -0.493 e. The highest BCUT2D eigenvalue weighted by molar-refractivity contribution is 14.1. The first-order valence-corrected chi connectivity index (χ1v) is 12.8. The van der Waals surface area contributed by atoms with Crippen LogP contribution in [0.4, 0.5) is 5.69 Å². The van der Waals surface area contributed by atoms with Gasteiger partial charge >= 0.3 is 11.8 Å². The SMILES string of the molecule is COc1cc(/C=N\NC(=O)C(=O)NCc2ccc(C)cc2)cc(I)c1OCC(=O)Nc1ccc(Br)cc1. The van der Waals surface area contributed by atoms with Crippen molar-refractivity contribution in [2.75, 3.05) is 19.0 Å². The molecule has 11 heteroatoms. The highest BCUT2D eigenvalue weighted by atomic mass is 127. The molecule has 0 saturated carbocycles. The molecule has 0 aliphatic heterocycles. The normalized spacial score (nSPS) is 10.6. The number of aryl methyl sites for hydroxylation is 1. The highest BCUT2D eigenvalue weighted by Gasteiger charge is 2.14. The number of hydrazone groups is 1. The van der Waals surface area contributed by atoms with Gasteiger partial charge in [0, 0.05) is 16.7 Å². The fourth-order valence-corrected chi connectivity index (χ4v) is 4.05. The number of rotatable bonds is 9. The number of ether oxygens (including phenoxy) is 2. The lowest BCUT2D eigenvalue weighted by Gasteiger charge is -2.13. The quantitative estimate of drug-likeness (QED) is 0.136. The van der Waals surface area contributed by atoms with Gasteiger partial charge in [0.05, 0.1) is 16.9 Å². The van der Waals surface area contributed by atoms with E-state index in [1.165, 1.54) is 13.3 Å². The van der Waals surface area contributed by atoms with E-state index in [1.807, 2.05) is 65.9 Å². The number of hydrogen-bond donors (Lipinski definition) is 3. The number of benzene rings is 3. The molecule has 0 atom stereocenters. The number of nitrogens with one attached hydrogen (secondary N) is 3. The van der Waals surface area contributed by atoms with Crippen LogP contribution in [0.2, 0.25) is 0 Å². The number of methoxy groups -OCH3 is 1. The summed E-state index contributed by atoms with van der Waals surface area (Å²) in [6.07, 6.45) is 1.37. The van der Waals surface area contributed by atoms with Crippen molar-refractivity contribution >= 4 is 68.1 Å². The third-order valence-electron chi connectivity index (χ3n) is 4.89. The first-order chi connectivity index (χ1) is 17.7. The number of carbonyl (C=O) groups is 3. The molecule has 3 aromatic rings. The van der Waals surface area contributed by atoms with Crippen LogP contribution in [0, 0.1) is 10.5 Å². The van der Waals surface area contributed by atoms with E-state index in [4.69, 9.17) is 9.47 Å². The molecule has 3 N–H and O–H groups in total. The standard InChI is InChI=1S/C26H24BrIN4O5/c1-16-3-5-17(6-4-16)13-29-25(34)26(35)32-30-14-18-11-21(28)24(22(12-18)36-2)37-15-23(33)31-20-9-7-19(27)8-10-20/h3-12,14H,13,15H2,1-2H3,(H,29,34)(H,31,33)(H,32,35)/b30-14-. The second kappa shape index (κ2) is 13.7. The summed E-state index contributed by atoms with van der Waals surface area (Å²) in [4.78, 5) is 36.3. The molecule has 192 valence electrons. The van der Waals surface area contributed by atoms with Gasteiger partial charge in [-0.15, -0.1) is 0 Å². The number of nitrogens with zero attached hydrogens (tertiary/aromatic N) is 1. The molecule has 3 rings (SSSR count). The smallest absolute Gasteiger partial charge is 0.329 e. The van der Waals surface area contributed by atoms with Gasteiger partial charge in [-0.1, -0.05) is 45.8 Å². The number of halogens is 2. The molecular formula is C26H24BrIN4O5. The van der Waals surface area contributed by atoms with Crippen LogP contribution in [-0.2, 0) is 20.9 Å². The van der Waals surface area contributed by atoms with Crippen molar-refractivity contribution in [1.29, 1.82) is 0 Å². The summed E-state index contributed by atoms with van der Waals surface area (Å²) in [6.45, 7) is 1.98. The third-order valence-corrected chi connectivity index (χ3v) is 6.22. The lowest BCUT2D eigenvalue weighted by atomic mass is 10.1.